The molecule has 1 aliphatic rings. The van der Waals surface area contributed by atoms with Gasteiger partial charge < -0.3 is 19.6 Å². The van der Waals surface area contributed by atoms with Crippen molar-refractivity contribution in [1.29, 1.82) is 0 Å². The molecule has 0 bridgehead atoms. The second kappa shape index (κ2) is 12.1. The van der Waals surface area contributed by atoms with Crippen LogP contribution in [0.3, 0.4) is 0 Å². The number of nitrogens with zero attached hydrogens (tertiary/aromatic N) is 5. The predicted octanol–water partition coefficient (Wildman–Crippen LogP) is 2.64. The van der Waals surface area contributed by atoms with Crippen LogP contribution in [0.1, 0.15) is 23.7 Å². The summed E-state index contributed by atoms with van der Waals surface area (Å²) >= 11 is 0. The van der Waals surface area contributed by atoms with Crippen LogP contribution in [-0.4, -0.2) is 72.6 Å². The first-order valence-electron chi connectivity index (χ1n) is 10.0. The van der Waals surface area contributed by atoms with Gasteiger partial charge in [-0.15, -0.1) is 24.0 Å². The Hall–Kier alpha value is -1.65. The van der Waals surface area contributed by atoms with Crippen LogP contribution in [0.25, 0.3) is 0 Å². The lowest BCUT2D eigenvalue weighted by molar-refractivity contribution is 0.169. The highest BCUT2D eigenvalue weighted by Gasteiger charge is 2.20. The SMILES string of the molecule is CCNC(=NCc1ccc(CN(C)C)cc1)N1CCN(Cc2ccon2)CC1.I. The van der Waals surface area contributed by atoms with E-state index in [0.29, 0.717) is 6.54 Å². The molecule has 160 valence electrons. The molecule has 8 heteroatoms. The molecular weight excluding hydrogens is 479 g/mol. The monoisotopic (exact) mass is 512 g/mol. The maximum Gasteiger partial charge on any atom is 0.194 e. The third-order valence-electron chi connectivity index (χ3n) is 4.82. The molecule has 2 aromatic rings. The van der Waals surface area contributed by atoms with Crippen LogP contribution < -0.4 is 5.32 Å². The van der Waals surface area contributed by atoms with E-state index in [4.69, 9.17) is 9.52 Å². The van der Waals surface area contributed by atoms with Gasteiger partial charge in [0.05, 0.1) is 12.2 Å². The zero-order valence-electron chi connectivity index (χ0n) is 17.7. The normalized spacial score (nSPS) is 15.4. The quantitative estimate of drug-likeness (QED) is 0.350. The molecule has 2 heterocycles. The fourth-order valence-electron chi connectivity index (χ4n) is 3.37. The molecule has 0 atom stereocenters. The van der Waals surface area contributed by atoms with E-state index in [2.05, 4.69) is 70.5 Å². The second-order valence-electron chi connectivity index (χ2n) is 7.48. The minimum absolute atomic E-state index is 0. The van der Waals surface area contributed by atoms with E-state index >= 15 is 0 Å². The molecule has 0 unspecified atom stereocenters. The van der Waals surface area contributed by atoms with Gasteiger partial charge >= 0.3 is 0 Å². The number of aromatic nitrogens is 1. The van der Waals surface area contributed by atoms with Crippen LogP contribution in [-0.2, 0) is 19.6 Å². The second-order valence-corrected chi connectivity index (χ2v) is 7.48. The Morgan fingerprint density at radius 2 is 1.79 bits per heavy atom. The highest BCUT2D eigenvalue weighted by molar-refractivity contribution is 14.0. The van der Waals surface area contributed by atoms with E-state index in [1.807, 2.05) is 6.07 Å². The zero-order chi connectivity index (χ0) is 19.8. The topological polar surface area (TPSA) is 60.1 Å². The summed E-state index contributed by atoms with van der Waals surface area (Å²) in [5.41, 5.74) is 3.56. The molecule has 1 saturated heterocycles. The number of halogens is 1. The highest BCUT2D eigenvalue weighted by atomic mass is 127. The van der Waals surface area contributed by atoms with Crippen molar-refractivity contribution in [2.45, 2.75) is 26.6 Å². The van der Waals surface area contributed by atoms with Crippen LogP contribution in [0.4, 0.5) is 0 Å². The first-order valence-corrected chi connectivity index (χ1v) is 10.0. The molecule has 0 aliphatic carbocycles. The molecule has 1 fully saturated rings. The third-order valence-corrected chi connectivity index (χ3v) is 4.82. The number of guanidine groups is 1. The average Bonchev–Trinajstić information content (AvgIpc) is 3.20. The summed E-state index contributed by atoms with van der Waals surface area (Å²) in [4.78, 5) is 11.8. The van der Waals surface area contributed by atoms with Crippen LogP contribution in [0.5, 0.6) is 0 Å². The van der Waals surface area contributed by atoms with Gasteiger partial charge in [-0.25, -0.2) is 4.99 Å². The predicted molar refractivity (Wildman–Crippen MR) is 127 cm³/mol. The Balaban J connectivity index is 0.00000300. The molecule has 1 aromatic carbocycles. The van der Waals surface area contributed by atoms with Crippen molar-refractivity contribution in [3.63, 3.8) is 0 Å². The van der Waals surface area contributed by atoms with Crippen molar-refractivity contribution < 1.29 is 4.52 Å². The molecule has 29 heavy (non-hydrogen) atoms. The summed E-state index contributed by atoms with van der Waals surface area (Å²) in [5.74, 6) is 1.00. The molecule has 1 aliphatic heterocycles. The molecular formula is C21H33IN6O. The number of hydrogen-bond donors (Lipinski definition) is 1. The van der Waals surface area contributed by atoms with Gasteiger partial charge in [-0.1, -0.05) is 29.4 Å². The summed E-state index contributed by atoms with van der Waals surface area (Å²) in [5, 5.41) is 7.45. The Morgan fingerprint density at radius 3 is 2.38 bits per heavy atom. The van der Waals surface area contributed by atoms with Crippen molar-refractivity contribution in [2.24, 2.45) is 4.99 Å². The van der Waals surface area contributed by atoms with Gasteiger partial charge in [0.25, 0.3) is 0 Å². The van der Waals surface area contributed by atoms with Crippen LogP contribution >= 0.6 is 24.0 Å². The van der Waals surface area contributed by atoms with Gasteiger partial charge in [0.1, 0.15) is 6.26 Å². The largest absolute Gasteiger partial charge is 0.364 e. The van der Waals surface area contributed by atoms with E-state index in [0.717, 1.165) is 57.5 Å². The zero-order valence-corrected chi connectivity index (χ0v) is 20.0. The summed E-state index contributed by atoms with van der Waals surface area (Å²) in [6.45, 7) is 9.42. The molecule has 0 radical (unpaired) electrons. The lowest BCUT2D eigenvalue weighted by atomic mass is 10.1. The molecule has 0 amide bonds. The lowest BCUT2D eigenvalue weighted by Gasteiger charge is -2.36. The number of piperazine rings is 1. The van der Waals surface area contributed by atoms with Crippen molar-refractivity contribution in [2.75, 3.05) is 46.8 Å². The molecule has 1 aromatic heterocycles. The molecule has 7 nitrogen and oxygen atoms in total. The van der Waals surface area contributed by atoms with E-state index in [1.54, 1.807) is 6.26 Å². The Bertz CT molecular complexity index is 724. The van der Waals surface area contributed by atoms with Crippen molar-refractivity contribution in [3.8, 4) is 0 Å². The van der Waals surface area contributed by atoms with Gasteiger partial charge in [0.15, 0.2) is 5.96 Å². The molecule has 3 rings (SSSR count). The van der Waals surface area contributed by atoms with Gasteiger partial charge in [-0.2, -0.15) is 0 Å². The Labute approximate surface area is 191 Å². The molecule has 1 N–H and O–H groups in total. The fraction of sp³-hybridized carbons (Fsp3) is 0.524. The van der Waals surface area contributed by atoms with Gasteiger partial charge in [-0.05, 0) is 32.1 Å². The highest BCUT2D eigenvalue weighted by Crippen LogP contribution is 2.10. The van der Waals surface area contributed by atoms with E-state index in [9.17, 15) is 0 Å². The van der Waals surface area contributed by atoms with Crippen LogP contribution in [0.2, 0.25) is 0 Å². The third kappa shape index (κ3) is 7.60. The maximum atomic E-state index is 4.93. The maximum absolute atomic E-state index is 4.93. The number of aliphatic imine (C=N–C) groups is 1. The van der Waals surface area contributed by atoms with E-state index < -0.39 is 0 Å². The number of benzene rings is 1. The summed E-state index contributed by atoms with van der Waals surface area (Å²) in [7, 11) is 4.18. The smallest absolute Gasteiger partial charge is 0.194 e. The van der Waals surface area contributed by atoms with E-state index in [1.165, 1.54) is 11.1 Å². The van der Waals surface area contributed by atoms with Crippen LogP contribution in [0, 0.1) is 0 Å². The Morgan fingerprint density at radius 1 is 1.10 bits per heavy atom. The summed E-state index contributed by atoms with van der Waals surface area (Å²) in [6, 6.07) is 10.7. The first-order chi connectivity index (χ1) is 13.6. The number of nitrogens with one attached hydrogen (secondary N) is 1. The first kappa shape index (κ1) is 23.6. The minimum atomic E-state index is 0. The van der Waals surface area contributed by atoms with E-state index in [-0.39, 0.29) is 24.0 Å². The van der Waals surface area contributed by atoms with Gasteiger partial charge in [0, 0.05) is 51.9 Å². The van der Waals surface area contributed by atoms with Crippen molar-refractivity contribution >= 4 is 29.9 Å². The number of rotatable bonds is 7. The van der Waals surface area contributed by atoms with Crippen LogP contribution in [0.15, 0.2) is 46.1 Å². The molecule has 0 saturated carbocycles. The van der Waals surface area contributed by atoms with Crippen molar-refractivity contribution in [3.05, 3.63) is 53.4 Å². The lowest BCUT2D eigenvalue weighted by Crippen LogP contribution is -2.52. The standard InChI is InChI=1S/C21H32N6O.HI/c1-4-22-21(23-15-18-5-7-19(8-6-18)16-25(2)3)27-12-10-26(11-13-27)17-20-9-14-28-24-20;/h5-9,14H,4,10-13,15-17H2,1-3H3,(H,22,23);1H. The average molecular weight is 512 g/mol. The number of hydrogen-bond acceptors (Lipinski definition) is 5. The van der Waals surface area contributed by atoms with Crippen molar-refractivity contribution in [1.82, 2.24) is 25.2 Å². The fourth-order valence-corrected chi connectivity index (χ4v) is 3.37. The molecule has 0 spiro atoms. The summed E-state index contributed by atoms with van der Waals surface area (Å²) < 4.78 is 4.93. The van der Waals surface area contributed by atoms with Gasteiger partial charge in [-0.3, -0.25) is 4.90 Å². The summed E-state index contributed by atoms with van der Waals surface area (Å²) in [6.07, 6.45) is 1.63. The minimum Gasteiger partial charge on any atom is -0.364 e. The Kier molecular flexibility index (Phi) is 9.89. The van der Waals surface area contributed by atoms with Gasteiger partial charge in [0.2, 0.25) is 0 Å².